The Balaban J connectivity index is 4.25. The van der Waals surface area contributed by atoms with Crippen molar-refractivity contribution in [1.29, 1.82) is 0 Å². The predicted octanol–water partition coefficient (Wildman–Crippen LogP) is 23.4. The van der Waals surface area contributed by atoms with E-state index in [1.54, 1.807) is 0 Å². The minimum atomic E-state index is -0.789. The fourth-order valence-corrected chi connectivity index (χ4v) is 9.40. The molecule has 0 aliphatic rings. The number of carbonyl (C=O) groups excluding carboxylic acids is 3. The first-order valence-electron chi connectivity index (χ1n) is 33.9. The molecular formula is C74H126O6. The van der Waals surface area contributed by atoms with Crippen molar-refractivity contribution in [3.05, 3.63) is 109 Å². The Bertz CT molecular complexity index is 1610. The first-order valence-corrected chi connectivity index (χ1v) is 33.9. The number of hydrogen-bond donors (Lipinski definition) is 0. The van der Waals surface area contributed by atoms with Crippen molar-refractivity contribution in [2.75, 3.05) is 13.2 Å². The number of rotatable bonds is 61. The molecule has 0 saturated carbocycles. The van der Waals surface area contributed by atoms with Crippen LogP contribution in [0.25, 0.3) is 0 Å². The highest BCUT2D eigenvalue weighted by Gasteiger charge is 2.19. The van der Waals surface area contributed by atoms with E-state index in [1.807, 2.05) is 0 Å². The van der Waals surface area contributed by atoms with Gasteiger partial charge in [-0.2, -0.15) is 0 Å². The van der Waals surface area contributed by atoms with Crippen LogP contribution in [0.5, 0.6) is 0 Å². The summed E-state index contributed by atoms with van der Waals surface area (Å²) in [5.41, 5.74) is 0. The van der Waals surface area contributed by atoms with Crippen molar-refractivity contribution in [3.63, 3.8) is 0 Å². The van der Waals surface area contributed by atoms with E-state index in [9.17, 15) is 14.4 Å². The van der Waals surface area contributed by atoms with Crippen molar-refractivity contribution < 1.29 is 28.6 Å². The van der Waals surface area contributed by atoms with Crippen molar-refractivity contribution in [2.24, 2.45) is 0 Å². The lowest BCUT2D eigenvalue weighted by atomic mass is 10.0. The van der Waals surface area contributed by atoms with Gasteiger partial charge in [-0.15, -0.1) is 0 Å². The van der Waals surface area contributed by atoms with Crippen molar-refractivity contribution in [3.8, 4) is 0 Å². The molecule has 0 aliphatic carbocycles. The molecule has 0 aliphatic heterocycles. The number of allylic oxidation sites excluding steroid dienone is 18. The molecule has 1 atom stereocenters. The second kappa shape index (κ2) is 67.6. The quantitative estimate of drug-likeness (QED) is 0.0261. The summed E-state index contributed by atoms with van der Waals surface area (Å²) in [7, 11) is 0. The maximum Gasteiger partial charge on any atom is 0.306 e. The van der Waals surface area contributed by atoms with Gasteiger partial charge < -0.3 is 14.2 Å². The zero-order chi connectivity index (χ0) is 57.8. The number of unbranched alkanes of at least 4 members (excludes halogenated alkanes) is 32. The van der Waals surface area contributed by atoms with Crippen LogP contribution < -0.4 is 0 Å². The molecule has 1 unspecified atom stereocenters. The Morgan fingerprint density at radius 1 is 0.263 bits per heavy atom. The van der Waals surface area contributed by atoms with E-state index < -0.39 is 6.10 Å². The summed E-state index contributed by atoms with van der Waals surface area (Å²) in [6.07, 6.45) is 92.5. The van der Waals surface area contributed by atoms with E-state index in [0.717, 1.165) is 128 Å². The summed E-state index contributed by atoms with van der Waals surface area (Å²) in [5.74, 6) is -0.896. The van der Waals surface area contributed by atoms with E-state index in [2.05, 4.69) is 130 Å². The number of ether oxygens (including phenoxy) is 3. The average Bonchev–Trinajstić information content (AvgIpc) is 3.46. The highest BCUT2D eigenvalue weighted by atomic mass is 16.6. The molecule has 0 spiro atoms. The van der Waals surface area contributed by atoms with Crippen LogP contribution >= 0.6 is 0 Å². The first kappa shape index (κ1) is 76.1. The normalized spacial score (nSPS) is 12.8. The van der Waals surface area contributed by atoms with Crippen molar-refractivity contribution >= 4 is 17.9 Å². The molecule has 458 valence electrons. The van der Waals surface area contributed by atoms with E-state index in [-0.39, 0.29) is 31.1 Å². The SMILES string of the molecule is CC/C=C\C/C=C\C/C=C\C/C=C\C/C=C\CCCCCCCCCCCCCCCCCC(=O)OCC(COC(=O)CCCCCCC/C=C\C/C=C\CCCC)OC(=O)CCCCCCCCC/C=C\C/C=C\CCCCC. The third kappa shape index (κ3) is 64.9. The van der Waals surface area contributed by atoms with Gasteiger partial charge >= 0.3 is 17.9 Å². The largest absolute Gasteiger partial charge is 0.462 e. The summed E-state index contributed by atoms with van der Waals surface area (Å²) >= 11 is 0. The Kier molecular flexibility index (Phi) is 64.3. The van der Waals surface area contributed by atoms with Gasteiger partial charge in [0, 0.05) is 19.3 Å². The van der Waals surface area contributed by atoms with E-state index in [0.29, 0.717) is 19.3 Å². The van der Waals surface area contributed by atoms with Gasteiger partial charge in [0.05, 0.1) is 0 Å². The lowest BCUT2D eigenvalue weighted by Crippen LogP contribution is -2.30. The molecule has 0 aromatic heterocycles. The highest BCUT2D eigenvalue weighted by molar-refractivity contribution is 5.71. The molecule has 0 radical (unpaired) electrons. The van der Waals surface area contributed by atoms with E-state index in [4.69, 9.17) is 14.2 Å². The zero-order valence-electron chi connectivity index (χ0n) is 52.6. The maximum atomic E-state index is 12.9. The average molecular weight is 1110 g/mol. The topological polar surface area (TPSA) is 78.9 Å². The number of hydrogen-bond acceptors (Lipinski definition) is 6. The van der Waals surface area contributed by atoms with Crippen LogP contribution in [0.1, 0.15) is 323 Å². The van der Waals surface area contributed by atoms with Gasteiger partial charge in [0.1, 0.15) is 13.2 Å². The third-order valence-corrected chi connectivity index (χ3v) is 14.5. The third-order valence-electron chi connectivity index (χ3n) is 14.5. The van der Waals surface area contributed by atoms with Gasteiger partial charge in [0.15, 0.2) is 6.10 Å². The predicted molar refractivity (Wildman–Crippen MR) is 348 cm³/mol. The second-order valence-electron chi connectivity index (χ2n) is 22.3. The first-order chi connectivity index (χ1) is 39.5. The van der Waals surface area contributed by atoms with Crippen LogP contribution in [0.4, 0.5) is 0 Å². The molecule has 0 saturated heterocycles. The standard InChI is InChI=1S/C74H126O6/c1-4-7-10-13-16-19-22-25-28-30-31-32-33-34-35-36-37-38-39-40-41-42-43-45-46-49-52-55-58-61-64-67-73(76)79-70-71(69-78-72(75)66-63-60-57-54-51-48-27-24-21-18-15-12-9-6-3)80-74(77)68-65-62-59-56-53-50-47-44-29-26-23-20-17-14-11-8-5-2/h7,10,15-20,24-29,31-32,34-35,71H,4-6,8-9,11-14,21-23,30,33,36-70H2,1-3H3/b10-7-,18-15-,19-16-,20-17-,27-24-,28-25-,29-26-,32-31-,35-34-. The van der Waals surface area contributed by atoms with Crippen LogP contribution in [0.3, 0.4) is 0 Å². The highest BCUT2D eigenvalue weighted by Crippen LogP contribution is 2.16. The van der Waals surface area contributed by atoms with Crippen molar-refractivity contribution in [1.82, 2.24) is 0 Å². The molecule has 0 aromatic carbocycles. The monoisotopic (exact) mass is 1110 g/mol. The molecule has 0 bridgehead atoms. The molecule has 0 N–H and O–H groups in total. The summed E-state index contributed by atoms with van der Waals surface area (Å²) in [6.45, 7) is 6.47. The van der Waals surface area contributed by atoms with E-state index >= 15 is 0 Å². The molecule has 0 rings (SSSR count). The smallest absolute Gasteiger partial charge is 0.306 e. The molecule has 6 nitrogen and oxygen atoms in total. The molecule has 0 aromatic rings. The van der Waals surface area contributed by atoms with Gasteiger partial charge in [-0.1, -0.05) is 291 Å². The van der Waals surface area contributed by atoms with Gasteiger partial charge in [0.2, 0.25) is 0 Å². The zero-order valence-corrected chi connectivity index (χ0v) is 52.6. The van der Waals surface area contributed by atoms with Gasteiger partial charge in [0.25, 0.3) is 0 Å². The van der Waals surface area contributed by atoms with E-state index in [1.165, 1.54) is 154 Å². The lowest BCUT2D eigenvalue weighted by Gasteiger charge is -2.18. The minimum absolute atomic E-state index is 0.0845. The van der Waals surface area contributed by atoms with Crippen LogP contribution in [0, 0.1) is 0 Å². The summed E-state index contributed by atoms with van der Waals surface area (Å²) in [6, 6.07) is 0. The Hall–Kier alpha value is -3.93. The summed E-state index contributed by atoms with van der Waals surface area (Å²) in [5, 5.41) is 0. The second-order valence-corrected chi connectivity index (χ2v) is 22.3. The number of esters is 3. The van der Waals surface area contributed by atoms with Crippen LogP contribution in [0.15, 0.2) is 109 Å². The molecule has 6 heteroatoms. The van der Waals surface area contributed by atoms with Gasteiger partial charge in [-0.05, 0) is 122 Å². The fourth-order valence-electron chi connectivity index (χ4n) is 9.40. The lowest BCUT2D eigenvalue weighted by molar-refractivity contribution is -0.167. The molecule has 80 heavy (non-hydrogen) atoms. The maximum absolute atomic E-state index is 12.9. The molecular weight excluding hydrogens is 985 g/mol. The van der Waals surface area contributed by atoms with Crippen molar-refractivity contribution in [2.45, 2.75) is 329 Å². The Morgan fingerprint density at radius 3 is 0.800 bits per heavy atom. The Morgan fingerprint density at radius 2 is 0.500 bits per heavy atom. The van der Waals surface area contributed by atoms with Crippen LogP contribution in [-0.4, -0.2) is 37.2 Å². The Labute approximate surface area is 495 Å². The molecule has 0 amide bonds. The van der Waals surface area contributed by atoms with Gasteiger partial charge in [-0.3, -0.25) is 14.4 Å². The number of carbonyl (C=O) groups is 3. The van der Waals surface area contributed by atoms with Crippen LogP contribution in [-0.2, 0) is 28.6 Å². The van der Waals surface area contributed by atoms with Crippen LogP contribution in [0.2, 0.25) is 0 Å². The van der Waals surface area contributed by atoms with Gasteiger partial charge in [-0.25, -0.2) is 0 Å². The molecule has 0 fully saturated rings. The molecule has 0 heterocycles. The summed E-state index contributed by atoms with van der Waals surface area (Å²) < 4.78 is 16.9. The fraction of sp³-hybridized carbons (Fsp3) is 0.716. The minimum Gasteiger partial charge on any atom is -0.462 e. The summed E-state index contributed by atoms with van der Waals surface area (Å²) in [4.78, 5) is 38.4.